The van der Waals surface area contributed by atoms with Crippen molar-refractivity contribution in [2.75, 3.05) is 25.3 Å². The number of H-pyrrole nitrogens is 1. The normalized spacial score (nSPS) is 12.0. The molecule has 0 bridgehead atoms. The van der Waals surface area contributed by atoms with Crippen LogP contribution in [-0.2, 0) is 11.3 Å². The molecular formula is C29H32BrFN6O5. The number of aromatic amines is 1. The van der Waals surface area contributed by atoms with E-state index in [2.05, 4.69) is 36.6 Å². The van der Waals surface area contributed by atoms with Crippen molar-refractivity contribution in [3.63, 3.8) is 0 Å². The van der Waals surface area contributed by atoms with E-state index in [1.54, 1.807) is 63.2 Å². The number of aromatic nitrogens is 3. The maximum absolute atomic E-state index is 15.6. The first-order valence-corrected chi connectivity index (χ1v) is 13.7. The Kier molecular flexibility index (Phi) is 9.10. The number of benzene rings is 3. The molecule has 4 aromatic rings. The Bertz CT molecular complexity index is 1650. The van der Waals surface area contributed by atoms with Crippen LogP contribution >= 0.6 is 15.9 Å². The smallest absolute Gasteiger partial charge is 0.407 e. The number of alkyl carbamates (subject to hydrolysis) is 1. The third-order valence-electron chi connectivity index (χ3n) is 6.07. The van der Waals surface area contributed by atoms with Gasteiger partial charge in [-0.25, -0.2) is 14.0 Å². The van der Waals surface area contributed by atoms with Crippen molar-refractivity contribution in [1.82, 2.24) is 20.1 Å². The van der Waals surface area contributed by atoms with E-state index in [4.69, 9.17) is 19.9 Å². The first-order chi connectivity index (χ1) is 19.9. The SMILES string of the molecule is COc1cc(F)c(C(Nc2ccc(Br)c(CNC(=O)OC(C)(C)C)c2)c2nn(-c3ccccc3N)c(=O)[nH]2)cc1OC. The lowest BCUT2D eigenvalue weighted by molar-refractivity contribution is 0.0523. The Morgan fingerprint density at radius 2 is 1.81 bits per heavy atom. The number of para-hydroxylation sites is 2. The van der Waals surface area contributed by atoms with Crippen LogP contribution in [0.4, 0.5) is 20.6 Å². The van der Waals surface area contributed by atoms with Crippen LogP contribution in [0.15, 0.2) is 63.9 Å². The highest BCUT2D eigenvalue weighted by Crippen LogP contribution is 2.36. The fraction of sp³-hybridized carbons (Fsp3) is 0.276. The van der Waals surface area contributed by atoms with E-state index in [-0.39, 0.29) is 29.4 Å². The van der Waals surface area contributed by atoms with Gasteiger partial charge in [-0.15, -0.1) is 5.10 Å². The lowest BCUT2D eigenvalue weighted by atomic mass is 10.0. The highest BCUT2D eigenvalue weighted by molar-refractivity contribution is 9.10. The van der Waals surface area contributed by atoms with E-state index in [9.17, 15) is 9.59 Å². The zero-order valence-electron chi connectivity index (χ0n) is 23.7. The number of carbonyl (C=O) groups is 1. The number of nitrogen functional groups attached to an aromatic ring is 1. The number of nitrogens with one attached hydrogen (secondary N) is 3. The molecule has 3 aromatic carbocycles. The number of nitrogens with two attached hydrogens (primary N) is 1. The van der Waals surface area contributed by atoms with Crippen molar-refractivity contribution in [2.45, 2.75) is 39.0 Å². The molecule has 1 atom stereocenters. The number of ether oxygens (including phenoxy) is 3. The minimum absolute atomic E-state index is 0.116. The molecule has 0 saturated heterocycles. The van der Waals surface area contributed by atoms with Crippen LogP contribution in [0.5, 0.6) is 11.5 Å². The van der Waals surface area contributed by atoms with Crippen LogP contribution < -0.4 is 31.5 Å². The molecule has 0 spiro atoms. The predicted octanol–water partition coefficient (Wildman–Crippen LogP) is 5.29. The summed E-state index contributed by atoms with van der Waals surface area (Å²) in [6.45, 7) is 5.48. The molecule has 0 radical (unpaired) electrons. The Hall–Kier alpha value is -4.52. The number of halogens is 2. The summed E-state index contributed by atoms with van der Waals surface area (Å²) >= 11 is 3.50. The molecule has 0 saturated carbocycles. The van der Waals surface area contributed by atoms with E-state index in [0.29, 0.717) is 22.6 Å². The number of amides is 1. The molecular weight excluding hydrogens is 611 g/mol. The van der Waals surface area contributed by atoms with Gasteiger partial charge < -0.3 is 30.6 Å². The van der Waals surface area contributed by atoms with E-state index >= 15 is 4.39 Å². The second-order valence-corrected chi connectivity index (χ2v) is 11.1. The predicted molar refractivity (Wildman–Crippen MR) is 161 cm³/mol. The lowest BCUT2D eigenvalue weighted by Gasteiger charge is -2.22. The van der Waals surface area contributed by atoms with Gasteiger partial charge >= 0.3 is 11.8 Å². The molecule has 42 heavy (non-hydrogen) atoms. The number of anilines is 2. The van der Waals surface area contributed by atoms with E-state index in [0.717, 1.165) is 9.15 Å². The lowest BCUT2D eigenvalue weighted by Crippen LogP contribution is -2.32. The van der Waals surface area contributed by atoms with Gasteiger partial charge in [-0.3, -0.25) is 4.98 Å². The Morgan fingerprint density at radius 1 is 1.12 bits per heavy atom. The fourth-order valence-corrected chi connectivity index (χ4v) is 4.53. The van der Waals surface area contributed by atoms with Gasteiger partial charge in [0.05, 0.1) is 25.6 Å². The number of nitrogens with zero attached hydrogens (tertiary/aromatic N) is 2. The number of carbonyl (C=O) groups excluding carboxylic acids is 1. The summed E-state index contributed by atoms with van der Waals surface area (Å²) in [6, 6.07) is 13.8. The molecule has 1 amide bonds. The summed E-state index contributed by atoms with van der Waals surface area (Å²) in [4.78, 5) is 27.9. The average molecular weight is 644 g/mol. The van der Waals surface area contributed by atoms with Gasteiger partial charge in [0.15, 0.2) is 17.3 Å². The van der Waals surface area contributed by atoms with Gasteiger partial charge in [0.2, 0.25) is 0 Å². The van der Waals surface area contributed by atoms with Gasteiger partial charge in [0, 0.05) is 28.3 Å². The van der Waals surface area contributed by atoms with Crippen LogP contribution in [0.1, 0.15) is 43.8 Å². The number of hydrogen-bond acceptors (Lipinski definition) is 8. The van der Waals surface area contributed by atoms with Crippen molar-refractivity contribution in [3.8, 4) is 17.2 Å². The second kappa shape index (κ2) is 12.6. The zero-order valence-corrected chi connectivity index (χ0v) is 25.3. The zero-order chi connectivity index (χ0) is 30.6. The molecule has 4 rings (SSSR count). The molecule has 0 aliphatic rings. The van der Waals surface area contributed by atoms with Crippen molar-refractivity contribution in [3.05, 3.63) is 92.3 Å². The molecule has 5 N–H and O–H groups in total. The van der Waals surface area contributed by atoms with Crippen molar-refractivity contribution in [2.24, 2.45) is 0 Å². The molecule has 1 heterocycles. The maximum atomic E-state index is 15.6. The van der Waals surface area contributed by atoms with Crippen LogP contribution in [0, 0.1) is 5.82 Å². The molecule has 11 nitrogen and oxygen atoms in total. The third kappa shape index (κ3) is 7.03. The van der Waals surface area contributed by atoms with Crippen molar-refractivity contribution < 1.29 is 23.4 Å². The average Bonchev–Trinajstić information content (AvgIpc) is 3.32. The number of methoxy groups -OCH3 is 2. The highest BCUT2D eigenvalue weighted by atomic mass is 79.9. The topological polar surface area (TPSA) is 146 Å². The summed E-state index contributed by atoms with van der Waals surface area (Å²) < 4.78 is 33.4. The molecule has 1 unspecified atom stereocenters. The van der Waals surface area contributed by atoms with Crippen LogP contribution in [0.25, 0.3) is 5.69 Å². The van der Waals surface area contributed by atoms with Crippen molar-refractivity contribution >= 4 is 33.4 Å². The summed E-state index contributed by atoms with van der Waals surface area (Å²) in [6.07, 6.45) is -0.568. The Morgan fingerprint density at radius 3 is 2.48 bits per heavy atom. The first kappa shape index (κ1) is 30.4. The monoisotopic (exact) mass is 642 g/mol. The number of hydrogen-bond donors (Lipinski definition) is 4. The molecule has 0 aliphatic heterocycles. The molecule has 0 fully saturated rings. The fourth-order valence-electron chi connectivity index (χ4n) is 4.15. The summed E-state index contributed by atoms with van der Waals surface area (Å²) in [5.41, 5.74) is 6.99. The third-order valence-corrected chi connectivity index (χ3v) is 6.84. The van der Waals surface area contributed by atoms with Crippen LogP contribution in [0.3, 0.4) is 0 Å². The standard InChI is InChI=1S/C29H32BrFN6O5/c1-29(2,3)42-28(39)33-15-16-12-17(10-11-19(16)30)34-25(18-13-23(40-4)24(41-5)14-20(18)31)26-35-27(38)37(36-26)22-9-7-6-8-21(22)32/h6-14,25,34H,15,32H2,1-5H3,(H,33,39)(H,35,36,38). The molecule has 1 aromatic heterocycles. The van der Waals surface area contributed by atoms with Crippen molar-refractivity contribution in [1.29, 1.82) is 0 Å². The Balaban J connectivity index is 1.75. The minimum atomic E-state index is -0.989. The van der Waals surface area contributed by atoms with E-state index < -0.39 is 29.2 Å². The second-order valence-electron chi connectivity index (χ2n) is 10.3. The summed E-state index contributed by atoms with van der Waals surface area (Å²) in [5, 5.41) is 10.5. The summed E-state index contributed by atoms with van der Waals surface area (Å²) in [5.74, 6) is -0.0185. The van der Waals surface area contributed by atoms with Gasteiger partial charge in [-0.2, -0.15) is 4.68 Å². The molecule has 0 aliphatic carbocycles. The van der Waals surface area contributed by atoms with E-state index in [1.165, 1.54) is 26.4 Å². The van der Waals surface area contributed by atoms with E-state index in [1.807, 2.05) is 0 Å². The molecule has 222 valence electrons. The quantitative estimate of drug-likeness (QED) is 0.180. The van der Waals surface area contributed by atoms with Gasteiger partial charge in [0.1, 0.15) is 17.5 Å². The number of rotatable bonds is 9. The van der Waals surface area contributed by atoms with Crippen LogP contribution in [0.2, 0.25) is 0 Å². The maximum Gasteiger partial charge on any atom is 0.407 e. The first-order valence-electron chi connectivity index (χ1n) is 12.9. The Labute approximate surface area is 250 Å². The van der Waals surface area contributed by atoms with Gasteiger partial charge in [-0.05, 0) is 62.7 Å². The minimum Gasteiger partial charge on any atom is -0.493 e. The van der Waals surface area contributed by atoms with Crippen LogP contribution in [-0.4, -0.2) is 40.7 Å². The summed E-state index contributed by atoms with van der Waals surface area (Å²) in [7, 11) is 2.85. The molecule has 13 heteroatoms. The van der Waals surface area contributed by atoms with Gasteiger partial charge in [-0.1, -0.05) is 28.1 Å². The largest absolute Gasteiger partial charge is 0.493 e. The van der Waals surface area contributed by atoms with Gasteiger partial charge in [0.25, 0.3) is 0 Å². The highest BCUT2D eigenvalue weighted by Gasteiger charge is 2.26.